The van der Waals surface area contributed by atoms with Gasteiger partial charge in [0, 0.05) is 12.2 Å². The Balaban J connectivity index is 1.98. The number of carbonyl (C=O) groups is 1. The van der Waals surface area contributed by atoms with Gasteiger partial charge in [-0.15, -0.1) is 0 Å². The highest BCUT2D eigenvalue weighted by Crippen LogP contribution is 2.13. The average Bonchev–Trinajstić information content (AvgIpc) is 2.47. The average molecular weight is 264 g/mol. The maximum atomic E-state index is 12.2. The van der Waals surface area contributed by atoms with Crippen molar-refractivity contribution in [3.05, 3.63) is 30.3 Å². The van der Waals surface area contributed by atoms with Crippen LogP contribution >= 0.6 is 0 Å². The molecule has 2 N–H and O–H groups in total. The Hall–Kier alpha value is -1.43. The number of hydrogen-bond donors (Lipinski definition) is 2. The number of nitrogens with zero attached hydrogens (tertiary/aromatic N) is 1. The molecule has 5 heteroatoms. The molecule has 0 saturated carbocycles. The van der Waals surface area contributed by atoms with Gasteiger partial charge in [0.05, 0.1) is 31.9 Å². The number of ether oxygens (including phenoxy) is 1. The number of aliphatic hydroxyl groups excluding tert-OH is 1. The molecule has 0 spiro atoms. The summed E-state index contributed by atoms with van der Waals surface area (Å²) in [5.74, 6) is -0.0634. The van der Waals surface area contributed by atoms with E-state index in [9.17, 15) is 9.90 Å². The van der Waals surface area contributed by atoms with Crippen LogP contribution in [0.25, 0.3) is 0 Å². The Morgan fingerprint density at radius 3 is 2.95 bits per heavy atom. The maximum absolute atomic E-state index is 12.2. The quantitative estimate of drug-likeness (QED) is 0.840. The molecule has 2 unspecified atom stereocenters. The summed E-state index contributed by atoms with van der Waals surface area (Å²) < 4.78 is 5.32. The first-order valence-corrected chi connectivity index (χ1v) is 6.52. The fourth-order valence-electron chi connectivity index (χ4n) is 2.25. The number of hydrogen-bond acceptors (Lipinski definition) is 4. The fourth-order valence-corrected chi connectivity index (χ4v) is 2.25. The van der Waals surface area contributed by atoms with Gasteiger partial charge in [-0.3, -0.25) is 9.69 Å². The maximum Gasteiger partial charge on any atom is 0.241 e. The molecule has 1 aliphatic heterocycles. The molecule has 1 saturated heterocycles. The van der Waals surface area contributed by atoms with Crippen molar-refractivity contribution in [2.45, 2.75) is 19.0 Å². The first kappa shape index (κ1) is 14.0. The van der Waals surface area contributed by atoms with Crippen molar-refractivity contribution in [2.24, 2.45) is 0 Å². The summed E-state index contributed by atoms with van der Waals surface area (Å²) >= 11 is 0. The molecule has 19 heavy (non-hydrogen) atoms. The van der Waals surface area contributed by atoms with E-state index < -0.39 is 0 Å². The third kappa shape index (κ3) is 3.53. The second kappa shape index (κ2) is 6.65. The van der Waals surface area contributed by atoms with Gasteiger partial charge in [-0.1, -0.05) is 18.2 Å². The molecule has 2 atom stereocenters. The van der Waals surface area contributed by atoms with Gasteiger partial charge in [0.15, 0.2) is 0 Å². The number of benzene rings is 1. The first-order valence-electron chi connectivity index (χ1n) is 6.52. The summed E-state index contributed by atoms with van der Waals surface area (Å²) in [7, 11) is 0. The van der Waals surface area contributed by atoms with E-state index >= 15 is 0 Å². The molecule has 0 bridgehead atoms. The van der Waals surface area contributed by atoms with Crippen LogP contribution in [0.5, 0.6) is 0 Å². The zero-order valence-corrected chi connectivity index (χ0v) is 11.1. The lowest BCUT2D eigenvalue weighted by Gasteiger charge is -2.37. The van der Waals surface area contributed by atoms with Gasteiger partial charge in [-0.25, -0.2) is 0 Å². The van der Waals surface area contributed by atoms with Gasteiger partial charge in [-0.2, -0.15) is 0 Å². The van der Waals surface area contributed by atoms with Crippen molar-refractivity contribution in [3.8, 4) is 0 Å². The van der Waals surface area contributed by atoms with Crippen LogP contribution in [0.4, 0.5) is 5.69 Å². The Morgan fingerprint density at radius 1 is 1.53 bits per heavy atom. The minimum absolute atomic E-state index is 0.00293. The number of carbonyl (C=O) groups excluding carboxylic acids is 1. The fraction of sp³-hybridized carbons (Fsp3) is 0.500. The van der Waals surface area contributed by atoms with E-state index in [2.05, 4.69) is 5.32 Å². The highest BCUT2D eigenvalue weighted by molar-refractivity contribution is 5.94. The third-order valence-corrected chi connectivity index (χ3v) is 3.40. The highest BCUT2D eigenvalue weighted by atomic mass is 16.5. The highest BCUT2D eigenvalue weighted by Gasteiger charge is 2.30. The Bertz CT molecular complexity index is 410. The molecular formula is C14H20N2O3. The van der Waals surface area contributed by atoms with Gasteiger partial charge in [-0.05, 0) is 19.1 Å². The number of aliphatic hydroxyl groups is 1. The predicted octanol–water partition coefficient (Wildman–Crippen LogP) is 0.707. The van der Waals surface area contributed by atoms with E-state index in [0.717, 1.165) is 5.69 Å². The molecule has 1 aromatic rings. The number of morpholine rings is 1. The normalized spacial score (nSPS) is 21.9. The molecule has 1 fully saturated rings. The standard InChI is InChI=1S/C14H20N2O3/c1-11(16-7-8-19-10-13(16)9-17)14(18)15-12-5-3-2-4-6-12/h2-6,11,13,17H,7-10H2,1H3,(H,15,18). The lowest BCUT2D eigenvalue weighted by Crippen LogP contribution is -2.54. The van der Waals surface area contributed by atoms with Gasteiger partial charge >= 0.3 is 0 Å². The molecule has 0 aromatic heterocycles. The van der Waals surface area contributed by atoms with Crippen LogP contribution in [0.15, 0.2) is 30.3 Å². The zero-order valence-electron chi connectivity index (χ0n) is 11.1. The number of amides is 1. The third-order valence-electron chi connectivity index (χ3n) is 3.40. The van der Waals surface area contributed by atoms with Gasteiger partial charge in [0.25, 0.3) is 0 Å². The van der Waals surface area contributed by atoms with Crippen LogP contribution in [0.2, 0.25) is 0 Å². The van der Waals surface area contributed by atoms with E-state index in [4.69, 9.17) is 4.74 Å². The number of anilines is 1. The molecule has 1 aliphatic rings. The van der Waals surface area contributed by atoms with Crippen LogP contribution in [-0.2, 0) is 9.53 Å². The Morgan fingerprint density at radius 2 is 2.26 bits per heavy atom. The van der Waals surface area contributed by atoms with E-state index in [1.54, 1.807) is 0 Å². The van der Waals surface area contributed by atoms with E-state index in [-0.39, 0.29) is 24.6 Å². The number of rotatable bonds is 4. The molecular weight excluding hydrogens is 244 g/mol. The van der Waals surface area contributed by atoms with Gasteiger partial charge < -0.3 is 15.2 Å². The first-order chi connectivity index (χ1) is 9.22. The van der Waals surface area contributed by atoms with Crippen LogP contribution in [0.3, 0.4) is 0 Å². The summed E-state index contributed by atoms with van der Waals surface area (Å²) in [4.78, 5) is 14.2. The summed E-state index contributed by atoms with van der Waals surface area (Å²) in [5, 5.41) is 12.2. The molecule has 1 amide bonds. The second-order valence-electron chi connectivity index (χ2n) is 4.68. The van der Waals surface area contributed by atoms with E-state index in [1.807, 2.05) is 42.2 Å². The minimum Gasteiger partial charge on any atom is -0.395 e. The van der Waals surface area contributed by atoms with Gasteiger partial charge in [0.2, 0.25) is 5.91 Å². The van der Waals surface area contributed by atoms with Crippen molar-refractivity contribution in [3.63, 3.8) is 0 Å². The molecule has 2 rings (SSSR count). The molecule has 5 nitrogen and oxygen atoms in total. The number of para-hydroxylation sites is 1. The SMILES string of the molecule is CC(C(=O)Nc1ccccc1)N1CCOCC1CO. The largest absolute Gasteiger partial charge is 0.395 e. The molecule has 0 radical (unpaired) electrons. The summed E-state index contributed by atoms with van der Waals surface area (Å²) in [6.45, 7) is 3.59. The van der Waals surface area contributed by atoms with Crippen molar-refractivity contribution in [1.29, 1.82) is 0 Å². The molecule has 1 aromatic carbocycles. The Labute approximate surface area is 113 Å². The lowest BCUT2D eigenvalue weighted by molar-refractivity contribution is -0.125. The number of nitrogens with one attached hydrogen (secondary N) is 1. The zero-order chi connectivity index (χ0) is 13.7. The van der Waals surface area contributed by atoms with Crippen molar-refractivity contribution < 1.29 is 14.6 Å². The smallest absolute Gasteiger partial charge is 0.241 e. The van der Waals surface area contributed by atoms with Crippen molar-refractivity contribution in [1.82, 2.24) is 4.90 Å². The molecule has 0 aliphatic carbocycles. The Kier molecular flexibility index (Phi) is 4.90. The van der Waals surface area contributed by atoms with Crippen LogP contribution in [0.1, 0.15) is 6.92 Å². The lowest BCUT2D eigenvalue weighted by atomic mass is 10.1. The van der Waals surface area contributed by atoms with E-state index in [1.165, 1.54) is 0 Å². The summed E-state index contributed by atoms with van der Waals surface area (Å²) in [6.07, 6.45) is 0. The molecule has 104 valence electrons. The van der Waals surface area contributed by atoms with Crippen molar-refractivity contribution in [2.75, 3.05) is 31.7 Å². The van der Waals surface area contributed by atoms with Crippen LogP contribution < -0.4 is 5.32 Å². The summed E-state index contributed by atoms with van der Waals surface area (Å²) in [6, 6.07) is 8.98. The van der Waals surface area contributed by atoms with E-state index in [0.29, 0.717) is 19.8 Å². The van der Waals surface area contributed by atoms with Crippen LogP contribution in [-0.4, -0.2) is 54.4 Å². The monoisotopic (exact) mass is 264 g/mol. The van der Waals surface area contributed by atoms with Gasteiger partial charge in [0.1, 0.15) is 0 Å². The van der Waals surface area contributed by atoms with Crippen LogP contribution in [0, 0.1) is 0 Å². The second-order valence-corrected chi connectivity index (χ2v) is 4.68. The van der Waals surface area contributed by atoms with Crippen molar-refractivity contribution >= 4 is 11.6 Å². The predicted molar refractivity (Wildman–Crippen MR) is 72.9 cm³/mol. The molecule has 1 heterocycles. The minimum atomic E-state index is -0.291. The topological polar surface area (TPSA) is 61.8 Å². The summed E-state index contributed by atoms with van der Waals surface area (Å²) in [5.41, 5.74) is 0.785.